The summed E-state index contributed by atoms with van der Waals surface area (Å²) in [7, 11) is 1.59. The highest BCUT2D eigenvalue weighted by Crippen LogP contribution is 2.19. The molecule has 0 bridgehead atoms. The van der Waals surface area contributed by atoms with Crippen LogP contribution in [0.15, 0.2) is 23.3 Å². The molecule has 1 aromatic rings. The average molecular weight is 214 g/mol. The van der Waals surface area contributed by atoms with Gasteiger partial charge in [-0.1, -0.05) is 12.7 Å². The SMILES string of the molecule is C=Cc1ccc(Br)nc1OC. The van der Waals surface area contributed by atoms with Crippen LogP contribution < -0.4 is 4.74 Å². The van der Waals surface area contributed by atoms with Gasteiger partial charge in [-0.25, -0.2) is 4.98 Å². The van der Waals surface area contributed by atoms with Crippen LogP contribution >= 0.6 is 15.9 Å². The van der Waals surface area contributed by atoms with E-state index in [4.69, 9.17) is 4.74 Å². The lowest BCUT2D eigenvalue weighted by molar-refractivity contribution is 0.396. The lowest BCUT2D eigenvalue weighted by Crippen LogP contribution is -1.90. The van der Waals surface area contributed by atoms with Crippen LogP contribution in [0.1, 0.15) is 5.56 Å². The van der Waals surface area contributed by atoms with Crippen LogP contribution in [-0.4, -0.2) is 12.1 Å². The fourth-order valence-electron chi connectivity index (χ4n) is 0.748. The van der Waals surface area contributed by atoms with E-state index in [1.54, 1.807) is 13.2 Å². The second kappa shape index (κ2) is 3.53. The van der Waals surface area contributed by atoms with Crippen molar-refractivity contribution < 1.29 is 4.74 Å². The first-order chi connectivity index (χ1) is 5.27. The molecule has 0 unspecified atom stereocenters. The van der Waals surface area contributed by atoms with Gasteiger partial charge in [0.2, 0.25) is 5.88 Å². The van der Waals surface area contributed by atoms with Gasteiger partial charge in [0, 0.05) is 5.56 Å². The van der Waals surface area contributed by atoms with Crippen molar-refractivity contribution in [3.8, 4) is 5.88 Å². The number of pyridine rings is 1. The second-order valence-electron chi connectivity index (χ2n) is 1.94. The van der Waals surface area contributed by atoms with Crippen LogP contribution in [0.3, 0.4) is 0 Å². The molecule has 0 amide bonds. The molecule has 0 aliphatic carbocycles. The number of hydrogen-bond acceptors (Lipinski definition) is 2. The minimum absolute atomic E-state index is 0.592. The molecular formula is C8H8BrNO. The number of rotatable bonds is 2. The Morgan fingerprint density at radius 2 is 2.36 bits per heavy atom. The molecule has 0 aliphatic rings. The monoisotopic (exact) mass is 213 g/mol. The Morgan fingerprint density at radius 3 is 2.91 bits per heavy atom. The average Bonchev–Trinajstić information content (AvgIpc) is 2.04. The molecule has 58 valence electrons. The van der Waals surface area contributed by atoms with Crippen LogP contribution in [0.5, 0.6) is 5.88 Å². The van der Waals surface area contributed by atoms with Crippen molar-refractivity contribution >= 4 is 22.0 Å². The molecule has 3 heteroatoms. The Morgan fingerprint density at radius 1 is 1.64 bits per heavy atom. The number of aromatic nitrogens is 1. The Labute approximate surface area is 74.0 Å². The maximum absolute atomic E-state index is 5.00. The lowest BCUT2D eigenvalue weighted by Gasteiger charge is -2.02. The van der Waals surface area contributed by atoms with Crippen molar-refractivity contribution in [1.82, 2.24) is 4.98 Å². The molecule has 0 fully saturated rings. The fraction of sp³-hybridized carbons (Fsp3) is 0.125. The van der Waals surface area contributed by atoms with E-state index in [-0.39, 0.29) is 0 Å². The first-order valence-electron chi connectivity index (χ1n) is 3.11. The second-order valence-corrected chi connectivity index (χ2v) is 2.75. The maximum Gasteiger partial charge on any atom is 0.221 e. The van der Waals surface area contributed by atoms with Gasteiger partial charge in [-0.2, -0.15) is 0 Å². The molecular weight excluding hydrogens is 206 g/mol. The summed E-state index contributed by atoms with van der Waals surface area (Å²) in [4.78, 5) is 4.09. The summed E-state index contributed by atoms with van der Waals surface area (Å²) in [6.45, 7) is 3.63. The Hall–Kier alpha value is -0.830. The van der Waals surface area contributed by atoms with Gasteiger partial charge in [-0.05, 0) is 28.1 Å². The summed E-state index contributed by atoms with van der Waals surface area (Å²) in [5, 5.41) is 0. The van der Waals surface area contributed by atoms with E-state index in [1.807, 2.05) is 12.1 Å². The van der Waals surface area contributed by atoms with Crippen molar-refractivity contribution in [3.05, 3.63) is 28.9 Å². The highest BCUT2D eigenvalue weighted by Gasteiger charge is 1.99. The van der Waals surface area contributed by atoms with E-state index in [2.05, 4.69) is 27.5 Å². The van der Waals surface area contributed by atoms with Crippen LogP contribution in [0.25, 0.3) is 6.08 Å². The van der Waals surface area contributed by atoms with Gasteiger partial charge in [0.1, 0.15) is 4.60 Å². The lowest BCUT2D eigenvalue weighted by atomic mass is 10.3. The molecule has 0 atom stereocenters. The zero-order valence-electron chi connectivity index (χ0n) is 6.17. The van der Waals surface area contributed by atoms with Gasteiger partial charge in [0.05, 0.1) is 7.11 Å². The van der Waals surface area contributed by atoms with Crippen molar-refractivity contribution in [3.63, 3.8) is 0 Å². The van der Waals surface area contributed by atoms with Gasteiger partial charge < -0.3 is 4.74 Å². The molecule has 0 N–H and O–H groups in total. The molecule has 0 aromatic carbocycles. The van der Waals surface area contributed by atoms with Gasteiger partial charge in [0.25, 0.3) is 0 Å². The van der Waals surface area contributed by atoms with Gasteiger partial charge >= 0.3 is 0 Å². The number of ether oxygens (including phenoxy) is 1. The molecule has 1 rings (SSSR count). The van der Waals surface area contributed by atoms with Crippen LogP contribution in [0.2, 0.25) is 0 Å². The zero-order chi connectivity index (χ0) is 8.27. The summed E-state index contributed by atoms with van der Waals surface area (Å²) >= 11 is 3.24. The third-order valence-corrected chi connectivity index (χ3v) is 1.71. The number of nitrogens with zero attached hydrogens (tertiary/aromatic N) is 1. The normalized spacial score (nSPS) is 9.27. The first kappa shape index (κ1) is 8.27. The van der Waals surface area contributed by atoms with Gasteiger partial charge in [-0.15, -0.1) is 0 Å². The molecule has 1 aromatic heterocycles. The van der Waals surface area contributed by atoms with Crippen LogP contribution in [0.4, 0.5) is 0 Å². The molecule has 0 radical (unpaired) electrons. The predicted molar refractivity (Wildman–Crippen MR) is 48.6 cm³/mol. The minimum Gasteiger partial charge on any atom is -0.481 e. The van der Waals surface area contributed by atoms with Crippen molar-refractivity contribution in [2.45, 2.75) is 0 Å². The van der Waals surface area contributed by atoms with Crippen molar-refractivity contribution in [1.29, 1.82) is 0 Å². The summed E-state index contributed by atoms with van der Waals surface area (Å²) in [5.41, 5.74) is 0.899. The molecule has 1 heterocycles. The quantitative estimate of drug-likeness (QED) is 0.705. The summed E-state index contributed by atoms with van der Waals surface area (Å²) in [6.07, 6.45) is 1.71. The zero-order valence-corrected chi connectivity index (χ0v) is 7.76. The fourth-order valence-corrected chi connectivity index (χ4v) is 1.04. The number of hydrogen-bond donors (Lipinski definition) is 0. The standard InChI is InChI=1S/C8H8BrNO/c1-3-6-4-5-7(9)10-8(6)11-2/h3-5H,1H2,2H3. The molecule has 0 saturated carbocycles. The maximum atomic E-state index is 5.00. The highest BCUT2D eigenvalue weighted by atomic mass is 79.9. The van der Waals surface area contributed by atoms with Crippen LogP contribution in [-0.2, 0) is 0 Å². The minimum atomic E-state index is 0.592. The largest absolute Gasteiger partial charge is 0.481 e. The molecule has 0 spiro atoms. The smallest absolute Gasteiger partial charge is 0.221 e. The van der Waals surface area contributed by atoms with E-state index in [0.29, 0.717) is 5.88 Å². The number of methoxy groups -OCH3 is 1. The van der Waals surface area contributed by atoms with Crippen molar-refractivity contribution in [2.24, 2.45) is 0 Å². The summed E-state index contributed by atoms with van der Waals surface area (Å²) < 4.78 is 5.77. The summed E-state index contributed by atoms with van der Waals surface area (Å²) in [5.74, 6) is 0.592. The molecule has 2 nitrogen and oxygen atoms in total. The van der Waals surface area contributed by atoms with Crippen LogP contribution in [0, 0.1) is 0 Å². The predicted octanol–water partition coefficient (Wildman–Crippen LogP) is 2.50. The van der Waals surface area contributed by atoms with E-state index < -0.39 is 0 Å². The molecule has 0 saturated heterocycles. The third-order valence-electron chi connectivity index (χ3n) is 1.27. The third kappa shape index (κ3) is 1.80. The summed E-state index contributed by atoms with van der Waals surface area (Å²) in [6, 6.07) is 3.74. The first-order valence-corrected chi connectivity index (χ1v) is 3.90. The van der Waals surface area contributed by atoms with E-state index in [9.17, 15) is 0 Å². The van der Waals surface area contributed by atoms with E-state index in [1.165, 1.54) is 0 Å². The molecule has 0 aliphatic heterocycles. The number of halogens is 1. The topological polar surface area (TPSA) is 22.1 Å². The van der Waals surface area contributed by atoms with Gasteiger partial charge in [-0.3, -0.25) is 0 Å². The Kier molecular flexibility index (Phi) is 2.65. The van der Waals surface area contributed by atoms with E-state index in [0.717, 1.165) is 10.2 Å². The van der Waals surface area contributed by atoms with Gasteiger partial charge in [0.15, 0.2) is 0 Å². The van der Waals surface area contributed by atoms with Crippen molar-refractivity contribution in [2.75, 3.05) is 7.11 Å². The molecule has 11 heavy (non-hydrogen) atoms. The highest BCUT2D eigenvalue weighted by molar-refractivity contribution is 9.10. The Balaban J connectivity index is 3.16. The Bertz CT molecular complexity index is 273. The van der Waals surface area contributed by atoms with E-state index >= 15 is 0 Å².